The molecule has 3 rings (SSSR count). The van der Waals surface area contributed by atoms with Crippen LogP contribution in [0.2, 0.25) is 5.02 Å². The fourth-order valence-corrected chi connectivity index (χ4v) is 2.29. The molecule has 6 heteroatoms. The summed E-state index contributed by atoms with van der Waals surface area (Å²) in [6.45, 7) is 3.07. The van der Waals surface area contributed by atoms with E-state index in [-0.39, 0.29) is 6.10 Å². The van der Waals surface area contributed by atoms with Gasteiger partial charge < -0.3 is 9.47 Å². The number of ether oxygens (including phenoxy) is 2. The van der Waals surface area contributed by atoms with Crippen LogP contribution in [-0.2, 0) is 21.8 Å². The summed E-state index contributed by atoms with van der Waals surface area (Å²) >= 11 is 5.89. The van der Waals surface area contributed by atoms with Crippen LogP contribution < -0.4 is 0 Å². The molecule has 1 saturated heterocycles. The molecule has 1 aliphatic rings. The molecule has 2 atom stereocenters. The standard InChI is InChI=1S/C13H14ClN3O2/c1-13(10-2-4-11(14)5-3-10)18-7-12(19-13)6-17-9-15-8-16-17/h2-5,8-9,12H,6-7H2,1H3/t12-,13-/m1/s1. The highest BCUT2D eigenvalue weighted by Gasteiger charge is 2.38. The molecule has 0 spiro atoms. The largest absolute Gasteiger partial charge is 0.343 e. The minimum Gasteiger partial charge on any atom is -0.343 e. The van der Waals surface area contributed by atoms with Gasteiger partial charge in [0.1, 0.15) is 18.8 Å². The van der Waals surface area contributed by atoms with Crippen molar-refractivity contribution in [2.24, 2.45) is 0 Å². The Morgan fingerprint density at radius 3 is 2.89 bits per heavy atom. The van der Waals surface area contributed by atoms with E-state index >= 15 is 0 Å². The smallest absolute Gasteiger partial charge is 0.192 e. The lowest BCUT2D eigenvalue weighted by molar-refractivity contribution is -0.163. The number of nitrogens with zero attached hydrogens (tertiary/aromatic N) is 3. The Kier molecular flexibility index (Phi) is 3.26. The molecular weight excluding hydrogens is 266 g/mol. The third-order valence-electron chi connectivity index (χ3n) is 3.16. The lowest BCUT2D eigenvalue weighted by atomic mass is 10.1. The predicted molar refractivity (Wildman–Crippen MR) is 69.7 cm³/mol. The minimum atomic E-state index is -0.726. The van der Waals surface area contributed by atoms with Crippen molar-refractivity contribution in [2.75, 3.05) is 6.61 Å². The van der Waals surface area contributed by atoms with Crippen LogP contribution in [0.15, 0.2) is 36.9 Å². The predicted octanol–water partition coefficient (Wildman–Crippen LogP) is 2.22. The fourth-order valence-electron chi connectivity index (χ4n) is 2.17. The van der Waals surface area contributed by atoms with E-state index < -0.39 is 5.79 Å². The Bertz CT molecular complexity index is 544. The molecular formula is C13H14ClN3O2. The molecule has 1 fully saturated rings. The summed E-state index contributed by atoms with van der Waals surface area (Å²) < 4.78 is 13.5. The molecule has 100 valence electrons. The van der Waals surface area contributed by atoms with E-state index in [9.17, 15) is 0 Å². The highest BCUT2D eigenvalue weighted by Crippen LogP contribution is 2.34. The first kappa shape index (κ1) is 12.6. The monoisotopic (exact) mass is 279 g/mol. The Labute approximate surface area is 116 Å². The third kappa shape index (κ3) is 2.63. The normalized spacial score (nSPS) is 26.7. The zero-order valence-corrected chi connectivity index (χ0v) is 11.2. The van der Waals surface area contributed by atoms with Crippen LogP contribution in [0.5, 0.6) is 0 Å². The maximum atomic E-state index is 5.99. The first-order valence-electron chi connectivity index (χ1n) is 6.06. The van der Waals surface area contributed by atoms with E-state index in [0.29, 0.717) is 18.2 Å². The highest BCUT2D eigenvalue weighted by atomic mass is 35.5. The fraction of sp³-hybridized carbons (Fsp3) is 0.385. The molecule has 5 nitrogen and oxygen atoms in total. The number of hydrogen-bond donors (Lipinski definition) is 0. The van der Waals surface area contributed by atoms with Crippen molar-refractivity contribution in [3.05, 3.63) is 47.5 Å². The van der Waals surface area contributed by atoms with E-state index in [1.807, 2.05) is 31.2 Å². The molecule has 19 heavy (non-hydrogen) atoms. The van der Waals surface area contributed by atoms with Crippen LogP contribution in [0.4, 0.5) is 0 Å². The van der Waals surface area contributed by atoms with Crippen LogP contribution in [0, 0.1) is 0 Å². The van der Waals surface area contributed by atoms with Crippen molar-refractivity contribution < 1.29 is 9.47 Å². The summed E-state index contributed by atoms with van der Waals surface area (Å²) in [5.41, 5.74) is 0.956. The minimum absolute atomic E-state index is 0.0395. The lowest BCUT2D eigenvalue weighted by Gasteiger charge is -2.23. The van der Waals surface area contributed by atoms with E-state index in [2.05, 4.69) is 10.1 Å². The first-order valence-corrected chi connectivity index (χ1v) is 6.44. The quantitative estimate of drug-likeness (QED) is 0.864. The summed E-state index contributed by atoms with van der Waals surface area (Å²) in [6, 6.07) is 7.50. The zero-order chi connectivity index (χ0) is 13.3. The molecule has 2 heterocycles. The van der Waals surface area contributed by atoms with E-state index in [1.54, 1.807) is 11.0 Å². The molecule has 0 unspecified atom stereocenters. The topological polar surface area (TPSA) is 49.2 Å². The molecule has 0 saturated carbocycles. The van der Waals surface area contributed by atoms with Gasteiger partial charge in [-0.1, -0.05) is 23.7 Å². The van der Waals surface area contributed by atoms with Crippen LogP contribution in [0.25, 0.3) is 0 Å². The molecule has 0 amide bonds. The molecule has 1 aliphatic heterocycles. The van der Waals surface area contributed by atoms with Crippen molar-refractivity contribution >= 4 is 11.6 Å². The van der Waals surface area contributed by atoms with Gasteiger partial charge in [0.25, 0.3) is 0 Å². The molecule has 0 aliphatic carbocycles. The van der Waals surface area contributed by atoms with Crippen LogP contribution in [-0.4, -0.2) is 27.5 Å². The Morgan fingerprint density at radius 2 is 2.21 bits per heavy atom. The number of halogens is 1. The summed E-state index contributed by atoms with van der Waals surface area (Å²) in [7, 11) is 0. The second-order valence-corrected chi connectivity index (χ2v) is 5.06. The lowest BCUT2D eigenvalue weighted by Crippen LogP contribution is -2.25. The van der Waals surface area contributed by atoms with Gasteiger partial charge in [-0.3, -0.25) is 4.68 Å². The summed E-state index contributed by atoms with van der Waals surface area (Å²) in [4.78, 5) is 3.91. The van der Waals surface area contributed by atoms with Gasteiger partial charge in [0.05, 0.1) is 13.2 Å². The molecule has 2 aromatic rings. The molecule has 0 N–H and O–H groups in total. The number of rotatable bonds is 3. The summed E-state index contributed by atoms with van der Waals surface area (Å²) in [5.74, 6) is -0.726. The second-order valence-electron chi connectivity index (χ2n) is 4.62. The van der Waals surface area contributed by atoms with E-state index in [1.165, 1.54) is 6.33 Å². The van der Waals surface area contributed by atoms with E-state index in [4.69, 9.17) is 21.1 Å². The summed E-state index contributed by atoms with van der Waals surface area (Å²) in [6.07, 6.45) is 3.14. The molecule has 0 bridgehead atoms. The molecule has 1 aromatic heterocycles. The van der Waals surface area contributed by atoms with Crippen molar-refractivity contribution in [3.63, 3.8) is 0 Å². The average Bonchev–Trinajstić information content (AvgIpc) is 3.02. The Balaban J connectivity index is 1.71. The van der Waals surface area contributed by atoms with Gasteiger partial charge in [0.15, 0.2) is 5.79 Å². The van der Waals surface area contributed by atoms with Gasteiger partial charge in [0.2, 0.25) is 0 Å². The van der Waals surface area contributed by atoms with E-state index in [0.717, 1.165) is 5.56 Å². The first-order chi connectivity index (χ1) is 9.16. The van der Waals surface area contributed by atoms with Gasteiger partial charge >= 0.3 is 0 Å². The number of aromatic nitrogens is 3. The molecule has 1 aromatic carbocycles. The van der Waals surface area contributed by atoms with Gasteiger partial charge in [-0.2, -0.15) is 5.10 Å². The zero-order valence-electron chi connectivity index (χ0n) is 10.5. The molecule has 0 radical (unpaired) electrons. The Hall–Kier alpha value is -1.43. The van der Waals surface area contributed by atoms with Crippen molar-refractivity contribution in [2.45, 2.75) is 25.4 Å². The van der Waals surface area contributed by atoms with Crippen molar-refractivity contribution in [1.29, 1.82) is 0 Å². The third-order valence-corrected chi connectivity index (χ3v) is 3.41. The average molecular weight is 280 g/mol. The highest BCUT2D eigenvalue weighted by molar-refractivity contribution is 6.30. The maximum absolute atomic E-state index is 5.99. The van der Waals surface area contributed by atoms with Crippen molar-refractivity contribution in [1.82, 2.24) is 14.8 Å². The van der Waals surface area contributed by atoms with Gasteiger partial charge in [-0.25, -0.2) is 4.98 Å². The van der Waals surface area contributed by atoms with Crippen molar-refractivity contribution in [3.8, 4) is 0 Å². The maximum Gasteiger partial charge on any atom is 0.192 e. The van der Waals surface area contributed by atoms with Crippen LogP contribution in [0.3, 0.4) is 0 Å². The number of benzene rings is 1. The number of hydrogen-bond acceptors (Lipinski definition) is 4. The summed E-state index contributed by atoms with van der Waals surface area (Å²) in [5, 5.41) is 4.76. The van der Waals surface area contributed by atoms with Crippen LogP contribution >= 0.6 is 11.6 Å². The van der Waals surface area contributed by atoms with Gasteiger partial charge in [-0.15, -0.1) is 0 Å². The van der Waals surface area contributed by atoms with Crippen LogP contribution in [0.1, 0.15) is 12.5 Å². The SMILES string of the molecule is C[C@@]1(c2ccc(Cl)cc2)OC[C@@H](Cn2cncn2)O1. The Morgan fingerprint density at radius 1 is 1.42 bits per heavy atom. The second kappa shape index (κ2) is 4.92. The van der Waals surface area contributed by atoms with Gasteiger partial charge in [-0.05, 0) is 19.1 Å². The van der Waals surface area contributed by atoms with Gasteiger partial charge in [0, 0.05) is 10.6 Å².